The van der Waals surface area contributed by atoms with E-state index in [1.54, 1.807) is 17.0 Å². The van der Waals surface area contributed by atoms with E-state index < -0.39 is 0 Å². The van der Waals surface area contributed by atoms with Gasteiger partial charge < -0.3 is 9.32 Å². The van der Waals surface area contributed by atoms with Gasteiger partial charge in [-0.25, -0.2) is 0 Å². The lowest BCUT2D eigenvalue weighted by molar-refractivity contribution is 0.0960. The van der Waals surface area contributed by atoms with Gasteiger partial charge in [0.2, 0.25) is 0 Å². The van der Waals surface area contributed by atoms with Gasteiger partial charge in [-0.05, 0) is 31.2 Å². The molecule has 0 bridgehead atoms. The minimum atomic E-state index is -0.153. The fraction of sp³-hybridized carbons (Fsp3) is 0.214. The van der Waals surface area contributed by atoms with Crippen LogP contribution in [0.4, 0.5) is 5.69 Å². The molecule has 0 saturated heterocycles. The minimum Gasteiger partial charge on any atom is -0.455 e. The van der Waals surface area contributed by atoms with Gasteiger partial charge in [0.25, 0.3) is 5.91 Å². The summed E-state index contributed by atoms with van der Waals surface area (Å²) in [5, 5.41) is 0. The normalized spacial score (nSPS) is 10.3. The topological polar surface area (TPSA) is 33.5 Å². The number of furan rings is 1. The van der Waals surface area contributed by atoms with Crippen molar-refractivity contribution in [2.24, 2.45) is 0 Å². The summed E-state index contributed by atoms with van der Waals surface area (Å²) in [7, 11) is 0. The molecule has 2 rings (SSSR count). The highest BCUT2D eigenvalue weighted by Crippen LogP contribution is 2.18. The Bertz CT molecular complexity index is 522. The highest BCUT2D eigenvalue weighted by molar-refractivity contribution is 6.16. The van der Waals surface area contributed by atoms with Crippen LogP contribution in [0.15, 0.2) is 46.9 Å². The number of anilines is 1. The maximum atomic E-state index is 12.3. The third-order valence-corrected chi connectivity index (χ3v) is 2.90. The van der Waals surface area contributed by atoms with E-state index in [0.29, 0.717) is 18.1 Å². The summed E-state index contributed by atoms with van der Waals surface area (Å²) in [6.07, 6.45) is 0. The van der Waals surface area contributed by atoms with E-state index in [2.05, 4.69) is 0 Å². The van der Waals surface area contributed by atoms with Crippen LogP contribution in [0.1, 0.15) is 23.2 Å². The highest BCUT2D eigenvalue weighted by Gasteiger charge is 2.19. The predicted molar refractivity (Wildman–Crippen MR) is 72.1 cm³/mol. The molecule has 0 radical (unpaired) electrons. The first-order chi connectivity index (χ1) is 8.76. The second kappa shape index (κ2) is 5.74. The van der Waals surface area contributed by atoms with Crippen molar-refractivity contribution in [1.82, 2.24) is 0 Å². The van der Waals surface area contributed by atoms with Crippen LogP contribution < -0.4 is 4.90 Å². The van der Waals surface area contributed by atoms with E-state index in [4.69, 9.17) is 16.0 Å². The average Bonchev–Trinajstić information content (AvgIpc) is 2.89. The Balaban J connectivity index is 2.25. The van der Waals surface area contributed by atoms with Crippen LogP contribution in [0.25, 0.3) is 0 Å². The molecule has 0 aliphatic carbocycles. The number of amides is 1. The molecule has 18 heavy (non-hydrogen) atoms. The monoisotopic (exact) mass is 263 g/mol. The fourth-order valence-electron chi connectivity index (χ4n) is 1.75. The summed E-state index contributed by atoms with van der Waals surface area (Å²) in [4.78, 5) is 14.0. The molecular formula is C14H14ClNO2. The Kier molecular flexibility index (Phi) is 4.05. The molecule has 1 aromatic carbocycles. The summed E-state index contributed by atoms with van der Waals surface area (Å²) in [6.45, 7) is 2.51. The Morgan fingerprint density at radius 1 is 1.22 bits per heavy atom. The molecule has 1 aromatic heterocycles. The standard InChI is InChI=1S/C14H14ClNO2/c1-2-16(11-6-4-3-5-7-11)14(17)13-9-8-12(10-15)18-13/h3-9H,2,10H2,1H3. The third-order valence-electron chi connectivity index (χ3n) is 2.63. The molecule has 0 fully saturated rings. The van der Waals surface area contributed by atoms with Crippen LogP contribution in [-0.4, -0.2) is 12.5 Å². The number of carbonyl (C=O) groups excluding carboxylic acids is 1. The van der Waals surface area contributed by atoms with Crippen LogP contribution >= 0.6 is 11.6 Å². The molecule has 0 aliphatic heterocycles. The van der Waals surface area contributed by atoms with E-state index in [1.807, 2.05) is 37.3 Å². The Hall–Kier alpha value is -1.74. The maximum absolute atomic E-state index is 12.3. The average molecular weight is 264 g/mol. The molecule has 94 valence electrons. The van der Waals surface area contributed by atoms with Crippen LogP contribution in [-0.2, 0) is 5.88 Å². The number of carbonyl (C=O) groups is 1. The van der Waals surface area contributed by atoms with Crippen LogP contribution in [0.3, 0.4) is 0 Å². The van der Waals surface area contributed by atoms with Gasteiger partial charge in [-0.2, -0.15) is 0 Å². The molecule has 0 atom stereocenters. The Morgan fingerprint density at radius 2 is 1.94 bits per heavy atom. The van der Waals surface area contributed by atoms with Gasteiger partial charge in [-0.15, -0.1) is 11.6 Å². The first kappa shape index (κ1) is 12.7. The van der Waals surface area contributed by atoms with E-state index in [-0.39, 0.29) is 11.8 Å². The zero-order valence-electron chi connectivity index (χ0n) is 10.1. The lowest BCUT2D eigenvalue weighted by Gasteiger charge is -2.19. The van der Waals surface area contributed by atoms with Crippen molar-refractivity contribution in [2.45, 2.75) is 12.8 Å². The lowest BCUT2D eigenvalue weighted by atomic mass is 10.2. The summed E-state index contributed by atoms with van der Waals surface area (Å²) in [6, 6.07) is 12.9. The van der Waals surface area contributed by atoms with Gasteiger partial charge in [0.05, 0.1) is 5.88 Å². The van der Waals surface area contributed by atoms with Crippen molar-refractivity contribution >= 4 is 23.2 Å². The molecular weight excluding hydrogens is 250 g/mol. The van der Waals surface area contributed by atoms with Crippen molar-refractivity contribution < 1.29 is 9.21 Å². The van der Waals surface area contributed by atoms with E-state index in [1.165, 1.54) is 0 Å². The third kappa shape index (κ3) is 2.57. The van der Waals surface area contributed by atoms with Crippen molar-refractivity contribution in [2.75, 3.05) is 11.4 Å². The van der Waals surface area contributed by atoms with Crippen molar-refractivity contribution in [3.63, 3.8) is 0 Å². The number of halogens is 1. The number of hydrogen-bond acceptors (Lipinski definition) is 2. The number of benzene rings is 1. The number of rotatable bonds is 4. The lowest BCUT2D eigenvalue weighted by Crippen LogP contribution is -2.30. The zero-order valence-corrected chi connectivity index (χ0v) is 10.9. The van der Waals surface area contributed by atoms with Gasteiger partial charge in [0.1, 0.15) is 5.76 Å². The van der Waals surface area contributed by atoms with Gasteiger partial charge in [0, 0.05) is 12.2 Å². The number of para-hydroxylation sites is 1. The van der Waals surface area contributed by atoms with Gasteiger partial charge in [-0.1, -0.05) is 18.2 Å². The minimum absolute atomic E-state index is 0.153. The number of alkyl halides is 1. The smallest absolute Gasteiger partial charge is 0.293 e. The molecule has 0 spiro atoms. The molecule has 2 aromatic rings. The van der Waals surface area contributed by atoms with Crippen molar-refractivity contribution in [1.29, 1.82) is 0 Å². The molecule has 3 nitrogen and oxygen atoms in total. The summed E-state index contributed by atoms with van der Waals surface area (Å²) < 4.78 is 5.38. The quantitative estimate of drug-likeness (QED) is 0.789. The number of hydrogen-bond donors (Lipinski definition) is 0. The molecule has 4 heteroatoms. The molecule has 0 N–H and O–H groups in total. The second-order valence-corrected chi connectivity index (χ2v) is 4.05. The van der Waals surface area contributed by atoms with Crippen LogP contribution in [0.5, 0.6) is 0 Å². The predicted octanol–water partition coefficient (Wildman–Crippen LogP) is 3.69. The Morgan fingerprint density at radius 3 is 2.50 bits per heavy atom. The highest BCUT2D eigenvalue weighted by atomic mass is 35.5. The Labute approximate surface area is 111 Å². The zero-order chi connectivity index (χ0) is 13.0. The van der Waals surface area contributed by atoms with Crippen LogP contribution in [0, 0.1) is 0 Å². The molecule has 0 aliphatic rings. The number of nitrogens with zero attached hydrogens (tertiary/aromatic N) is 1. The summed E-state index contributed by atoms with van der Waals surface area (Å²) >= 11 is 5.66. The fourth-order valence-corrected chi connectivity index (χ4v) is 1.89. The van der Waals surface area contributed by atoms with E-state index >= 15 is 0 Å². The molecule has 0 saturated carbocycles. The maximum Gasteiger partial charge on any atom is 0.293 e. The summed E-state index contributed by atoms with van der Waals surface area (Å²) in [5.41, 5.74) is 0.855. The van der Waals surface area contributed by atoms with Crippen LogP contribution in [0.2, 0.25) is 0 Å². The van der Waals surface area contributed by atoms with E-state index in [0.717, 1.165) is 5.69 Å². The van der Waals surface area contributed by atoms with Gasteiger partial charge in [0.15, 0.2) is 5.76 Å². The summed E-state index contributed by atoms with van der Waals surface area (Å²) in [5.74, 6) is 1.03. The SMILES string of the molecule is CCN(C(=O)c1ccc(CCl)o1)c1ccccc1. The van der Waals surface area contributed by atoms with Gasteiger partial charge >= 0.3 is 0 Å². The molecule has 1 heterocycles. The largest absolute Gasteiger partial charge is 0.455 e. The second-order valence-electron chi connectivity index (χ2n) is 3.78. The van der Waals surface area contributed by atoms with Gasteiger partial charge in [-0.3, -0.25) is 4.79 Å². The first-order valence-corrected chi connectivity index (χ1v) is 6.31. The van der Waals surface area contributed by atoms with Crippen molar-refractivity contribution in [3.8, 4) is 0 Å². The molecule has 1 amide bonds. The van der Waals surface area contributed by atoms with Crippen molar-refractivity contribution in [3.05, 3.63) is 54.0 Å². The van der Waals surface area contributed by atoms with E-state index in [9.17, 15) is 4.79 Å². The molecule has 0 unspecified atom stereocenters. The first-order valence-electron chi connectivity index (χ1n) is 5.78.